The van der Waals surface area contributed by atoms with Gasteiger partial charge < -0.3 is 15.0 Å². The van der Waals surface area contributed by atoms with Crippen molar-refractivity contribution in [2.24, 2.45) is 11.8 Å². The Hall–Kier alpha value is -0.610. The lowest BCUT2D eigenvalue weighted by molar-refractivity contribution is -0.136. The van der Waals surface area contributed by atoms with E-state index in [9.17, 15) is 4.79 Å². The summed E-state index contributed by atoms with van der Waals surface area (Å²) in [7, 11) is 0. The van der Waals surface area contributed by atoms with Crippen LogP contribution in [0.5, 0.6) is 0 Å². The van der Waals surface area contributed by atoms with Gasteiger partial charge in [0.15, 0.2) is 0 Å². The molecule has 0 aromatic heterocycles. The van der Waals surface area contributed by atoms with E-state index in [0.717, 1.165) is 38.4 Å². The molecule has 3 atom stereocenters. The van der Waals surface area contributed by atoms with Gasteiger partial charge in [0.2, 0.25) is 5.91 Å². The number of ether oxygens (including phenoxy) is 1. The Balaban J connectivity index is 1.86. The number of nitrogens with one attached hydrogen (secondary N) is 1. The van der Waals surface area contributed by atoms with Gasteiger partial charge in [0.1, 0.15) is 0 Å². The van der Waals surface area contributed by atoms with E-state index in [1.807, 2.05) is 0 Å². The van der Waals surface area contributed by atoms with Crippen molar-refractivity contribution >= 4 is 5.91 Å². The molecule has 2 rings (SSSR count). The van der Waals surface area contributed by atoms with E-state index in [0.29, 0.717) is 19.1 Å². The van der Waals surface area contributed by atoms with Crippen molar-refractivity contribution < 1.29 is 9.53 Å². The average Bonchev–Trinajstić information content (AvgIpc) is 2.83. The summed E-state index contributed by atoms with van der Waals surface area (Å²) < 4.78 is 5.56. The quantitative estimate of drug-likeness (QED) is 0.818. The van der Waals surface area contributed by atoms with Gasteiger partial charge >= 0.3 is 0 Å². The Morgan fingerprint density at radius 3 is 2.81 bits per heavy atom. The molecule has 0 spiro atoms. The van der Waals surface area contributed by atoms with Crippen LogP contribution in [-0.2, 0) is 9.53 Å². The predicted octanol–water partition coefficient (Wildman–Crippen LogP) is 2.43. The molecule has 3 unspecified atom stereocenters. The van der Waals surface area contributed by atoms with Crippen molar-refractivity contribution in [3.05, 3.63) is 0 Å². The summed E-state index contributed by atoms with van der Waals surface area (Å²) in [6, 6.07) is 0.215. The van der Waals surface area contributed by atoms with E-state index in [1.165, 1.54) is 25.7 Å². The van der Waals surface area contributed by atoms with Crippen LogP contribution in [0.15, 0.2) is 0 Å². The molecule has 4 nitrogen and oxygen atoms in total. The Morgan fingerprint density at radius 2 is 2.05 bits per heavy atom. The molecular weight excluding hydrogens is 264 g/mol. The van der Waals surface area contributed by atoms with Crippen molar-refractivity contribution in [3.63, 3.8) is 0 Å². The van der Waals surface area contributed by atoms with Crippen molar-refractivity contribution in [3.8, 4) is 0 Å². The molecule has 2 aliphatic heterocycles. The molecule has 122 valence electrons. The average molecular weight is 296 g/mol. The summed E-state index contributed by atoms with van der Waals surface area (Å²) in [5.41, 5.74) is 0. The van der Waals surface area contributed by atoms with Crippen LogP contribution in [0.3, 0.4) is 0 Å². The fourth-order valence-electron chi connectivity index (χ4n) is 3.65. The van der Waals surface area contributed by atoms with E-state index in [1.54, 1.807) is 0 Å². The van der Waals surface area contributed by atoms with Crippen molar-refractivity contribution in [1.29, 1.82) is 0 Å². The topological polar surface area (TPSA) is 41.6 Å². The highest BCUT2D eigenvalue weighted by Gasteiger charge is 2.36. The van der Waals surface area contributed by atoms with Crippen LogP contribution in [0, 0.1) is 11.8 Å². The number of carbonyl (C=O) groups is 1. The third-order valence-corrected chi connectivity index (χ3v) is 4.91. The molecule has 0 aliphatic carbocycles. The summed E-state index contributed by atoms with van der Waals surface area (Å²) in [6.07, 6.45) is 7.31. The Labute approximate surface area is 129 Å². The number of hydrogen-bond donors (Lipinski definition) is 1. The molecule has 4 heteroatoms. The highest BCUT2D eigenvalue weighted by molar-refractivity contribution is 5.80. The van der Waals surface area contributed by atoms with Crippen LogP contribution in [0.1, 0.15) is 52.4 Å². The van der Waals surface area contributed by atoms with Crippen molar-refractivity contribution in [2.75, 3.05) is 32.8 Å². The summed E-state index contributed by atoms with van der Waals surface area (Å²) in [6.45, 7) is 8.54. The van der Waals surface area contributed by atoms with E-state index in [2.05, 4.69) is 24.1 Å². The van der Waals surface area contributed by atoms with Crippen LogP contribution in [0.25, 0.3) is 0 Å². The zero-order valence-corrected chi connectivity index (χ0v) is 13.8. The molecule has 2 fully saturated rings. The molecular formula is C17H32N2O2. The van der Waals surface area contributed by atoms with E-state index in [4.69, 9.17) is 4.74 Å². The fourth-order valence-corrected chi connectivity index (χ4v) is 3.65. The summed E-state index contributed by atoms with van der Waals surface area (Å²) in [5, 5.41) is 3.47. The minimum Gasteiger partial charge on any atom is -0.379 e. The van der Waals surface area contributed by atoms with E-state index < -0.39 is 0 Å². The monoisotopic (exact) mass is 296 g/mol. The van der Waals surface area contributed by atoms with Gasteiger partial charge in [0, 0.05) is 19.1 Å². The third kappa shape index (κ3) is 4.68. The number of likely N-dealkylation sites (tertiary alicyclic amines) is 1. The maximum absolute atomic E-state index is 12.8. The van der Waals surface area contributed by atoms with Gasteiger partial charge in [-0.25, -0.2) is 0 Å². The minimum absolute atomic E-state index is 0.0271. The van der Waals surface area contributed by atoms with Gasteiger partial charge in [-0.2, -0.15) is 0 Å². The Morgan fingerprint density at radius 1 is 1.19 bits per heavy atom. The molecule has 1 N–H and O–H groups in total. The summed E-state index contributed by atoms with van der Waals surface area (Å²) in [5.74, 6) is 1.17. The predicted molar refractivity (Wildman–Crippen MR) is 85.2 cm³/mol. The first-order chi connectivity index (χ1) is 10.3. The number of nitrogens with zero attached hydrogens (tertiary/aromatic N) is 1. The second kappa shape index (κ2) is 8.74. The lowest BCUT2D eigenvalue weighted by atomic mass is 9.96. The Bertz CT molecular complexity index is 322. The van der Waals surface area contributed by atoms with Gasteiger partial charge in [-0.3, -0.25) is 4.79 Å². The van der Waals surface area contributed by atoms with Gasteiger partial charge in [0.25, 0.3) is 0 Å². The van der Waals surface area contributed by atoms with Crippen molar-refractivity contribution in [2.45, 2.75) is 58.4 Å². The maximum Gasteiger partial charge on any atom is 0.229 e. The number of rotatable bonds is 6. The summed E-state index contributed by atoms with van der Waals surface area (Å²) >= 11 is 0. The lowest BCUT2D eigenvalue weighted by Gasteiger charge is -2.26. The minimum atomic E-state index is 0.0271. The number of hydrogen-bond acceptors (Lipinski definition) is 3. The van der Waals surface area contributed by atoms with Crippen LogP contribution in [0.2, 0.25) is 0 Å². The molecule has 0 saturated carbocycles. The van der Waals surface area contributed by atoms with E-state index in [-0.39, 0.29) is 12.0 Å². The number of amides is 1. The van der Waals surface area contributed by atoms with Crippen LogP contribution < -0.4 is 5.32 Å². The zero-order chi connectivity index (χ0) is 15.1. The molecule has 0 bridgehead atoms. The highest BCUT2D eigenvalue weighted by Crippen LogP contribution is 2.24. The molecule has 2 heterocycles. The molecule has 0 aromatic carbocycles. The maximum atomic E-state index is 12.8. The zero-order valence-electron chi connectivity index (χ0n) is 13.8. The van der Waals surface area contributed by atoms with Crippen LogP contribution in [-0.4, -0.2) is 49.7 Å². The first kappa shape index (κ1) is 16.8. The second-order valence-electron chi connectivity index (χ2n) is 6.62. The first-order valence-corrected chi connectivity index (χ1v) is 8.86. The van der Waals surface area contributed by atoms with Crippen LogP contribution >= 0.6 is 0 Å². The molecule has 21 heavy (non-hydrogen) atoms. The first-order valence-electron chi connectivity index (χ1n) is 8.86. The molecule has 0 aromatic rings. The standard InChI is InChI=1S/C17H32N2O2/c1-3-6-14-7-5-10-19(11-8-14)17(20)15-12-21-13-16(15)18-9-4-2/h14-16,18H,3-13H2,1-2H3. The normalized spacial score (nSPS) is 30.4. The SMILES string of the molecule is CCCNC1COCC1C(=O)N1CCCC(CCC)CC1. The molecule has 2 aliphatic rings. The van der Waals surface area contributed by atoms with E-state index >= 15 is 0 Å². The van der Waals surface area contributed by atoms with Gasteiger partial charge in [-0.15, -0.1) is 0 Å². The molecule has 1 amide bonds. The van der Waals surface area contributed by atoms with Crippen LogP contribution in [0.4, 0.5) is 0 Å². The largest absolute Gasteiger partial charge is 0.379 e. The smallest absolute Gasteiger partial charge is 0.229 e. The number of carbonyl (C=O) groups excluding carboxylic acids is 1. The highest BCUT2D eigenvalue weighted by atomic mass is 16.5. The third-order valence-electron chi connectivity index (χ3n) is 4.91. The molecule has 0 radical (unpaired) electrons. The van der Waals surface area contributed by atoms with Gasteiger partial charge in [0.05, 0.1) is 19.1 Å². The summed E-state index contributed by atoms with van der Waals surface area (Å²) in [4.78, 5) is 14.9. The Kier molecular flexibility index (Phi) is 6.97. The van der Waals surface area contributed by atoms with Gasteiger partial charge in [-0.05, 0) is 38.1 Å². The van der Waals surface area contributed by atoms with Gasteiger partial charge in [-0.1, -0.05) is 26.7 Å². The second-order valence-corrected chi connectivity index (χ2v) is 6.62. The lowest BCUT2D eigenvalue weighted by Crippen LogP contribution is -2.46. The fraction of sp³-hybridized carbons (Fsp3) is 0.941. The molecule has 2 saturated heterocycles. The van der Waals surface area contributed by atoms with Crippen molar-refractivity contribution in [1.82, 2.24) is 10.2 Å².